The summed E-state index contributed by atoms with van der Waals surface area (Å²) in [5, 5.41) is 0. The Morgan fingerprint density at radius 1 is 0.741 bits per heavy atom. The second-order valence-corrected chi connectivity index (χ2v) is 9.39. The molecule has 0 atom stereocenters. The van der Waals surface area contributed by atoms with Crippen molar-refractivity contribution in [2.24, 2.45) is 0 Å². The first-order valence-electron chi connectivity index (χ1n) is 12.2. The maximum absolute atomic E-state index is 6.31. The maximum Gasteiger partial charge on any atom is 1.00 e. The zero-order valence-electron chi connectivity index (χ0n) is 19.0. The summed E-state index contributed by atoms with van der Waals surface area (Å²) in [6, 6.07) is 0. The van der Waals surface area contributed by atoms with Crippen molar-refractivity contribution >= 4 is 6.35 Å². The SMILES string of the molecule is CCCCCC/C=C\CCCCCCC[B-]1(OC)C2CCCC1CCC2.[Na+]. The van der Waals surface area contributed by atoms with Crippen molar-refractivity contribution in [3.8, 4) is 0 Å². The van der Waals surface area contributed by atoms with Gasteiger partial charge in [0, 0.05) is 0 Å². The van der Waals surface area contributed by atoms with Crippen LogP contribution in [0.4, 0.5) is 0 Å². The van der Waals surface area contributed by atoms with Gasteiger partial charge in [0.25, 0.3) is 0 Å². The van der Waals surface area contributed by atoms with E-state index in [1.807, 2.05) is 7.11 Å². The van der Waals surface area contributed by atoms with Crippen LogP contribution in [0.5, 0.6) is 0 Å². The minimum Gasteiger partial charge on any atom is -0.592 e. The van der Waals surface area contributed by atoms with Gasteiger partial charge < -0.3 is 4.65 Å². The average molecular weight is 384 g/mol. The van der Waals surface area contributed by atoms with E-state index >= 15 is 0 Å². The van der Waals surface area contributed by atoms with Crippen LogP contribution in [0.2, 0.25) is 18.0 Å². The van der Waals surface area contributed by atoms with Crippen molar-refractivity contribution in [1.29, 1.82) is 0 Å². The molecule has 0 radical (unpaired) electrons. The molecule has 2 heterocycles. The van der Waals surface area contributed by atoms with Crippen LogP contribution in [-0.4, -0.2) is 13.5 Å². The molecule has 0 saturated carbocycles. The molecule has 2 aliphatic rings. The third kappa shape index (κ3) is 8.57. The first kappa shape index (κ1) is 25.8. The van der Waals surface area contributed by atoms with Gasteiger partial charge >= 0.3 is 29.6 Å². The average Bonchev–Trinajstić information content (AvgIpc) is 2.65. The van der Waals surface area contributed by atoms with Gasteiger partial charge in [0.15, 0.2) is 0 Å². The Kier molecular flexibility index (Phi) is 14.9. The van der Waals surface area contributed by atoms with E-state index in [-0.39, 0.29) is 29.6 Å². The molecule has 2 aliphatic heterocycles. The number of unbranched alkanes of at least 4 members (excludes halogenated alkanes) is 9. The third-order valence-electron chi connectivity index (χ3n) is 7.75. The van der Waals surface area contributed by atoms with Crippen LogP contribution < -0.4 is 29.6 Å². The zero-order valence-corrected chi connectivity index (χ0v) is 21.0. The molecule has 3 heteroatoms. The molecule has 2 bridgehead atoms. The monoisotopic (exact) mass is 384 g/mol. The summed E-state index contributed by atoms with van der Waals surface area (Å²) in [6.45, 7) is 2.28. The van der Waals surface area contributed by atoms with Gasteiger partial charge in [-0.2, -0.15) is 6.32 Å². The van der Waals surface area contributed by atoms with Gasteiger partial charge in [-0.15, -0.1) is 11.6 Å². The van der Waals surface area contributed by atoms with Gasteiger partial charge in [-0.1, -0.05) is 103 Å². The summed E-state index contributed by atoms with van der Waals surface area (Å²) >= 11 is 0. The second-order valence-electron chi connectivity index (χ2n) is 9.39. The summed E-state index contributed by atoms with van der Waals surface area (Å²) in [5.74, 6) is 1.85. The molecule has 0 aromatic carbocycles. The molecule has 0 aliphatic carbocycles. The number of rotatable bonds is 14. The van der Waals surface area contributed by atoms with Crippen molar-refractivity contribution in [3.63, 3.8) is 0 Å². The predicted molar refractivity (Wildman–Crippen MR) is 118 cm³/mol. The van der Waals surface area contributed by atoms with Crippen molar-refractivity contribution in [2.45, 2.75) is 134 Å². The number of hydrogen-bond acceptors (Lipinski definition) is 1. The van der Waals surface area contributed by atoms with Crippen molar-refractivity contribution in [1.82, 2.24) is 0 Å². The van der Waals surface area contributed by atoms with Gasteiger partial charge in [0.2, 0.25) is 0 Å². The molecule has 0 spiro atoms. The summed E-state index contributed by atoms with van der Waals surface area (Å²) < 4.78 is 6.31. The fourth-order valence-corrected chi connectivity index (χ4v) is 6.24. The van der Waals surface area contributed by atoms with Gasteiger partial charge in [-0.3, -0.25) is 0 Å². The Labute approximate surface area is 193 Å². The molecule has 27 heavy (non-hydrogen) atoms. The number of fused-ring (bicyclic) bond motifs is 2. The van der Waals surface area contributed by atoms with E-state index in [2.05, 4.69) is 19.1 Å². The van der Waals surface area contributed by atoms with E-state index in [0.717, 1.165) is 11.6 Å². The fraction of sp³-hybridized carbons (Fsp3) is 0.917. The molecular weight excluding hydrogens is 338 g/mol. The van der Waals surface area contributed by atoms with Crippen molar-refractivity contribution in [2.75, 3.05) is 7.11 Å². The third-order valence-corrected chi connectivity index (χ3v) is 7.75. The first-order valence-corrected chi connectivity index (χ1v) is 12.2. The van der Waals surface area contributed by atoms with Gasteiger partial charge in [0.1, 0.15) is 6.35 Å². The van der Waals surface area contributed by atoms with Crippen LogP contribution in [0.25, 0.3) is 0 Å². The van der Waals surface area contributed by atoms with Crippen LogP contribution in [0.3, 0.4) is 0 Å². The van der Waals surface area contributed by atoms with E-state index in [9.17, 15) is 0 Å². The summed E-state index contributed by atoms with van der Waals surface area (Å²) in [6.07, 6.45) is 29.7. The van der Waals surface area contributed by atoms with Gasteiger partial charge in [-0.05, 0) is 32.8 Å². The summed E-state index contributed by atoms with van der Waals surface area (Å²) in [5.41, 5.74) is 0. The molecule has 2 rings (SSSR count). The van der Waals surface area contributed by atoms with E-state index in [1.54, 1.807) is 0 Å². The summed E-state index contributed by atoms with van der Waals surface area (Å²) in [7, 11) is 2.03. The Hall–Kier alpha value is 0.765. The van der Waals surface area contributed by atoms with Crippen molar-refractivity contribution < 1.29 is 34.2 Å². The quantitative estimate of drug-likeness (QED) is 0.217. The van der Waals surface area contributed by atoms with Crippen LogP contribution in [0.1, 0.15) is 116 Å². The maximum atomic E-state index is 6.31. The zero-order chi connectivity index (χ0) is 18.5. The smallest absolute Gasteiger partial charge is 0.592 e. The van der Waals surface area contributed by atoms with Crippen LogP contribution >= 0.6 is 0 Å². The normalized spacial score (nSPS) is 27.6. The molecule has 0 amide bonds. The second kappa shape index (κ2) is 15.6. The first-order chi connectivity index (χ1) is 12.8. The van der Waals surface area contributed by atoms with E-state index < -0.39 is 6.35 Å². The Bertz CT molecular complexity index is 363. The Balaban J connectivity index is 0.00000364. The van der Waals surface area contributed by atoms with Crippen LogP contribution in [-0.2, 0) is 4.65 Å². The van der Waals surface area contributed by atoms with E-state index in [4.69, 9.17) is 4.65 Å². The van der Waals surface area contributed by atoms with Gasteiger partial charge in [-0.25, -0.2) is 0 Å². The molecule has 152 valence electrons. The Morgan fingerprint density at radius 3 is 1.74 bits per heavy atom. The fourth-order valence-electron chi connectivity index (χ4n) is 6.24. The number of allylic oxidation sites excluding steroid dienone is 2. The summed E-state index contributed by atoms with van der Waals surface area (Å²) in [4.78, 5) is 0. The molecule has 0 N–H and O–H groups in total. The van der Waals surface area contributed by atoms with Crippen LogP contribution in [0, 0.1) is 0 Å². The Morgan fingerprint density at radius 2 is 1.22 bits per heavy atom. The molecule has 0 aromatic rings. The standard InChI is InChI=1S/C24H46BO.Na/c1-3-4-5-6-7-8-9-10-11-12-13-14-15-22-25(26-2)23-18-16-19-24(25)21-17-20-23;/h8-9,23-24H,3-7,10-22H2,1-2H3;/q-1;+1/b9-8-;. The topological polar surface area (TPSA) is 9.23 Å². The van der Waals surface area contributed by atoms with Crippen LogP contribution in [0.15, 0.2) is 12.2 Å². The van der Waals surface area contributed by atoms with E-state index in [1.165, 1.54) is 115 Å². The van der Waals surface area contributed by atoms with E-state index in [0.29, 0.717) is 0 Å². The van der Waals surface area contributed by atoms with Gasteiger partial charge in [0.05, 0.1) is 0 Å². The molecule has 1 nitrogen and oxygen atoms in total. The van der Waals surface area contributed by atoms with Crippen molar-refractivity contribution in [3.05, 3.63) is 12.2 Å². The minimum atomic E-state index is -0.493. The predicted octanol–water partition coefficient (Wildman–Crippen LogP) is 5.56. The molecule has 0 aromatic heterocycles. The largest absolute Gasteiger partial charge is 1.00 e. The minimum absolute atomic E-state index is 0. The number of hydrogen-bond donors (Lipinski definition) is 0. The molecular formula is C24H46BNaO. The molecule has 2 fully saturated rings. The molecule has 0 unspecified atom stereocenters. The molecule has 2 saturated heterocycles.